The summed E-state index contributed by atoms with van der Waals surface area (Å²) in [4.78, 5) is 25.2. The van der Waals surface area contributed by atoms with Crippen LogP contribution in [0.5, 0.6) is 0 Å². The molecule has 1 saturated carbocycles. The summed E-state index contributed by atoms with van der Waals surface area (Å²) < 4.78 is 5.12. The van der Waals surface area contributed by atoms with E-state index in [-0.39, 0.29) is 16.4 Å². The molecule has 2 rings (SSSR count). The number of ether oxygens (including phenoxy) is 1. The van der Waals surface area contributed by atoms with Crippen molar-refractivity contribution < 1.29 is 14.5 Å². The third-order valence-electron chi connectivity index (χ3n) is 3.29. The molecule has 0 bridgehead atoms. The number of hydrogen-bond donors (Lipinski definition) is 0. The molecule has 1 aliphatic carbocycles. The van der Waals surface area contributed by atoms with Crippen LogP contribution in [0.4, 0.5) is 5.69 Å². The molecular weight excluding hydrogens is 312 g/mol. The molecule has 1 heterocycles. The second-order valence-electron chi connectivity index (χ2n) is 4.95. The maximum atomic E-state index is 11.0. The molecule has 1 aromatic heterocycles. The largest absolute Gasteiger partial charge is 0.464 e. The fraction of sp³-hybridized carbons (Fsp3) is 0.538. The van der Waals surface area contributed by atoms with Gasteiger partial charge in [0.05, 0.1) is 9.67 Å². The molecule has 0 spiro atoms. The van der Waals surface area contributed by atoms with Crippen LogP contribution >= 0.6 is 21.6 Å². The van der Waals surface area contributed by atoms with Crippen molar-refractivity contribution in [2.75, 3.05) is 6.61 Å². The van der Waals surface area contributed by atoms with Crippen molar-refractivity contribution in [2.24, 2.45) is 0 Å². The third kappa shape index (κ3) is 4.60. The second-order valence-corrected chi connectivity index (χ2v) is 7.57. The molecule has 1 aliphatic rings. The van der Waals surface area contributed by atoms with Crippen molar-refractivity contribution in [3.8, 4) is 0 Å². The minimum atomic E-state index is -0.465. The highest BCUT2D eigenvalue weighted by atomic mass is 33.1. The molecule has 0 aliphatic heterocycles. The van der Waals surface area contributed by atoms with Gasteiger partial charge in [0.2, 0.25) is 0 Å². The van der Waals surface area contributed by atoms with E-state index >= 15 is 0 Å². The molecule has 0 atom stereocenters. The quantitative estimate of drug-likeness (QED) is 0.341. The Hall–Kier alpha value is -1.28. The zero-order valence-electron chi connectivity index (χ0n) is 11.6. The van der Waals surface area contributed by atoms with Crippen molar-refractivity contribution in [2.45, 2.75) is 42.4 Å². The first-order valence-corrected chi connectivity index (χ1v) is 8.75. The number of pyridine rings is 1. The van der Waals surface area contributed by atoms with Crippen LogP contribution in [0.3, 0.4) is 0 Å². The van der Waals surface area contributed by atoms with E-state index in [1.165, 1.54) is 30.0 Å². The summed E-state index contributed by atoms with van der Waals surface area (Å²) in [5.74, 6) is -0.264. The number of rotatable bonds is 6. The predicted molar refractivity (Wildman–Crippen MR) is 82.2 cm³/mol. The lowest BCUT2D eigenvalue weighted by atomic mass is 10.1. The van der Waals surface area contributed by atoms with E-state index in [0.29, 0.717) is 6.61 Å². The molecule has 0 N–H and O–H groups in total. The Labute approximate surface area is 130 Å². The molecule has 0 aromatic carbocycles. The monoisotopic (exact) mass is 328 g/mol. The van der Waals surface area contributed by atoms with Gasteiger partial charge in [-0.3, -0.25) is 14.9 Å². The van der Waals surface area contributed by atoms with Gasteiger partial charge in [-0.1, -0.05) is 23.6 Å². The average Bonchev–Trinajstić information content (AvgIpc) is 2.93. The molecule has 1 aromatic rings. The van der Waals surface area contributed by atoms with Gasteiger partial charge < -0.3 is 4.74 Å². The maximum absolute atomic E-state index is 11.0. The van der Waals surface area contributed by atoms with Crippen molar-refractivity contribution >= 4 is 33.2 Å². The Morgan fingerprint density at radius 1 is 1.48 bits per heavy atom. The number of carbonyl (C=O) groups excluding carboxylic acids is 1. The molecule has 114 valence electrons. The SMILES string of the molecule is CC(=O)OCC1(SSc2ccc([N+](=O)[O-])cn2)CCCC1. The van der Waals surface area contributed by atoms with Crippen molar-refractivity contribution in [1.82, 2.24) is 4.98 Å². The summed E-state index contributed by atoms with van der Waals surface area (Å²) in [6.45, 7) is 1.82. The van der Waals surface area contributed by atoms with Crippen LogP contribution in [0.1, 0.15) is 32.6 Å². The molecule has 0 saturated heterocycles. The van der Waals surface area contributed by atoms with E-state index in [1.807, 2.05) is 0 Å². The summed E-state index contributed by atoms with van der Waals surface area (Å²) in [5.41, 5.74) is -0.0140. The highest BCUT2D eigenvalue weighted by Crippen LogP contribution is 2.49. The molecule has 0 unspecified atom stereocenters. The van der Waals surface area contributed by atoms with E-state index in [0.717, 1.165) is 30.7 Å². The first kappa shape index (κ1) is 16.1. The number of carbonyl (C=O) groups is 1. The molecule has 21 heavy (non-hydrogen) atoms. The smallest absolute Gasteiger partial charge is 0.302 e. The van der Waals surface area contributed by atoms with Crippen molar-refractivity contribution in [1.29, 1.82) is 0 Å². The zero-order chi connectivity index (χ0) is 15.3. The zero-order valence-corrected chi connectivity index (χ0v) is 13.2. The van der Waals surface area contributed by atoms with Crippen LogP contribution < -0.4 is 0 Å². The number of esters is 1. The second kappa shape index (κ2) is 7.13. The van der Waals surface area contributed by atoms with Crippen LogP contribution in [-0.4, -0.2) is 27.2 Å². The van der Waals surface area contributed by atoms with Gasteiger partial charge in [0.1, 0.15) is 17.8 Å². The molecular formula is C13H16N2O4S2. The van der Waals surface area contributed by atoms with Gasteiger partial charge in [-0.05, 0) is 29.7 Å². The lowest BCUT2D eigenvalue weighted by Gasteiger charge is -2.26. The molecule has 0 amide bonds. The number of nitrogens with zero attached hydrogens (tertiary/aromatic N) is 2. The standard InChI is InChI=1S/C13H16N2O4S2/c1-10(16)19-9-13(6-2-3-7-13)21-20-12-5-4-11(8-14-12)15(17)18/h4-5,8H,2-3,6-7,9H2,1H3. The molecule has 8 heteroatoms. The predicted octanol–water partition coefficient (Wildman–Crippen LogP) is 3.61. The van der Waals surface area contributed by atoms with Crippen LogP contribution in [0.15, 0.2) is 23.4 Å². The van der Waals surface area contributed by atoms with Gasteiger partial charge in [0.15, 0.2) is 0 Å². The first-order chi connectivity index (χ1) is 10.0. The summed E-state index contributed by atoms with van der Waals surface area (Å²) >= 11 is 0. The lowest BCUT2D eigenvalue weighted by molar-refractivity contribution is -0.385. The minimum Gasteiger partial charge on any atom is -0.464 e. The summed E-state index contributed by atoms with van der Waals surface area (Å²) in [6.07, 6.45) is 5.52. The van der Waals surface area contributed by atoms with E-state index in [2.05, 4.69) is 4.98 Å². The lowest BCUT2D eigenvalue weighted by Crippen LogP contribution is -2.27. The van der Waals surface area contributed by atoms with Gasteiger partial charge in [-0.25, -0.2) is 4.98 Å². The fourth-order valence-corrected chi connectivity index (χ4v) is 4.94. The average molecular weight is 328 g/mol. The number of nitro groups is 1. The highest BCUT2D eigenvalue weighted by molar-refractivity contribution is 8.77. The Kier molecular flexibility index (Phi) is 5.46. The third-order valence-corrected chi connectivity index (χ3v) is 6.49. The van der Waals surface area contributed by atoms with Gasteiger partial charge in [-0.2, -0.15) is 0 Å². The Morgan fingerprint density at radius 3 is 2.71 bits per heavy atom. The van der Waals surface area contributed by atoms with Crippen LogP contribution in [-0.2, 0) is 9.53 Å². The first-order valence-electron chi connectivity index (χ1n) is 6.60. The summed E-state index contributed by atoms with van der Waals surface area (Å²) in [6, 6.07) is 3.09. The Morgan fingerprint density at radius 2 is 2.19 bits per heavy atom. The summed E-state index contributed by atoms with van der Waals surface area (Å²) in [7, 11) is 3.13. The van der Waals surface area contributed by atoms with Gasteiger partial charge in [0, 0.05) is 13.0 Å². The van der Waals surface area contributed by atoms with Gasteiger partial charge in [-0.15, -0.1) is 0 Å². The Balaban J connectivity index is 1.95. The van der Waals surface area contributed by atoms with E-state index in [1.54, 1.807) is 16.9 Å². The topological polar surface area (TPSA) is 82.3 Å². The van der Waals surface area contributed by atoms with Crippen LogP contribution in [0, 0.1) is 10.1 Å². The molecule has 6 nitrogen and oxygen atoms in total. The molecule has 0 radical (unpaired) electrons. The maximum Gasteiger partial charge on any atom is 0.302 e. The van der Waals surface area contributed by atoms with Crippen molar-refractivity contribution in [3.05, 3.63) is 28.4 Å². The number of aromatic nitrogens is 1. The highest BCUT2D eigenvalue weighted by Gasteiger charge is 2.36. The van der Waals surface area contributed by atoms with Crippen molar-refractivity contribution in [3.63, 3.8) is 0 Å². The van der Waals surface area contributed by atoms with Gasteiger partial charge in [0.25, 0.3) is 5.69 Å². The van der Waals surface area contributed by atoms with E-state index < -0.39 is 4.92 Å². The summed E-state index contributed by atoms with van der Waals surface area (Å²) in [5, 5.41) is 11.3. The number of hydrogen-bond acceptors (Lipinski definition) is 7. The van der Waals surface area contributed by atoms with Crippen LogP contribution in [0.25, 0.3) is 0 Å². The minimum absolute atomic E-state index is 0.0140. The Bertz CT molecular complexity index is 515. The normalized spacial score (nSPS) is 16.6. The van der Waals surface area contributed by atoms with E-state index in [9.17, 15) is 14.9 Å². The molecule has 1 fully saturated rings. The van der Waals surface area contributed by atoms with Gasteiger partial charge >= 0.3 is 5.97 Å². The van der Waals surface area contributed by atoms with Crippen LogP contribution in [0.2, 0.25) is 0 Å². The van der Waals surface area contributed by atoms with E-state index in [4.69, 9.17) is 4.74 Å². The fourth-order valence-electron chi connectivity index (χ4n) is 2.17.